The molecule has 4 heteroatoms. The minimum atomic E-state index is -0.0190. The molecule has 2 aromatic heterocycles. The topological polar surface area (TPSA) is 39.4 Å². The van der Waals surface area contributed by atoms with Gasteiger partial charge in [-0.25, -0.2) is 0 Å². The summed E-state index contributed by atoms with van der Waals surface area (Å²) in [6.07, 6.45) is 3.21. The van der Waals surface area contributed by atoms with Gasteiger partial charge >= 0.3 is 0 Å². The summed E-state index contributed by atoms with van der Waals surface area (Å²) in [5, 5.41) is 1.89. The number of hydrogen-bond donors (Lipinski definition) is 0. The van der Waals surface area contributed by atoms with E-state index in [9.17, 15) is 4.79 Å². The highest BCUT2D eigenvalue weighted by atomic mass is 32.1. The Morgan fingerprint density at radius 3 is 2.64 bits per heavy atom. The highest BCUT2D eigenvalue weighted by Gasteiger charge is 2.05. The van der Waals surface area contributed by atoms with Gasteiger partial charge in [0.2, 0.25) is 0 Å². The van der Waals surface area contributed by atoms with Gasteiger partial charge in [0, 0.05) is 0 Å². The molecule has 2 heterocycles. The van der Waals surface area contributed by atoms with Crippen molar-refractivity contribution in [2.75, 3.05) is 0 Å². The third-order valence-electron chi connectivity index (χ3n) is 3.77. The molecule has 0 spiro atoms. The summed E-state index contributed by atoms with van der Waals surface area (Å²) in [4.78, 5) is 12.6. The fourth-order valence-corrected chi connectivity index (χ4v) is 2.97. The lowest BCUT2D eigenvalue weighted by Crippen LogP contribution is -1.94. The number of hydrogen-bond acceptors (Lipinski definition) is 4. The van der Waals surface area contributed by atoms with Crippen LogP contribution >= 0.6 is 11.3 Å². The smallest absolute Gasteiger partial charge is 0.195 e. The van der Waals surface area contributed by atoms with Crippen molar-refractivity contribution in [3.05, 3.63) is 81.9 Å². The zero-order chi connectivity index (χ0) is 17.6. The van der Waals surface area contributed by atoms with Gasteiger partial charge in [-0.05, 0) is 59.3 Å². The van der Waals surface area contributed by atoms with E-state index in [-0.39, 0.29) is 5.78 Å². The molecular weight excluding hydrogens is 332 g/mol. The Bertz CT molecular complexity index is 840. The van der Waals surface area contributed by atoms with Gasteiger partial charge in [-0.2, -0.15) is 0 Å². The van der Waals surface area contributed by atoms with E-state index in [4.69, 9.17) is 9.15 Å². The number of carbonyl (C=O) groups is 1. The van der Waals surface area contributed by atoms with E-state index in [1.54, 1.807) is 6.08 Å². The van der Waals surface area contributed by atoms with E-state index in [0.29, 0.717) is 18.3 Å². The molecule has 0 amide bonds. The predicted octanol–water partition coefficient (Wildman–Crippen LogP) is 5.94. The van der Waals surface area contributed by atoms with Crippen LogP contribution < -0.4 is 4.74 Å². The van der Waals surface area contributed by atoms with E-state index in [1.807, 2.05) is 41.8 Å². The maximum absolute atomic E-state index is 11.9. The normalized spacial score (nSPS) is 11.3. The molecule has 0 saturated heterocycles. The Balaban J connectivity index is 1.55. The highest BCUT2D eigenvalue weighted by Crippen LogP contribution is 2.20. The molecule has 0 atom stereocenters. The molecule has 0 radical (unpaired) electrons. The summed E-state index contributed by atoms with van der Waals surface area (Å²) >= 11 is 1.43. The van der Waals surface area contributed by atoms with E-state index < -0.39 is 0 Å². The summed E-state index contributed by atoms with van der Waals surface area (Å²) in [6.45, 7) is 4.68. The number of ether oxygens (including phenoxy) is 1. The van der Waals surface area contributed by atoms with Crippen LogP contribution in [0.25, 0.3) is 6.08 Å². The summed E-state index contributed by atoms with van der Waals surface area (Å²) in [5.74, 6) is 2.65. The van der Waals surface area contributed by atoms with E-state index >= 15 is 0 Å². The number of furan rings is 1. The number of ketones is 1. The summed E-state index contributed by atoms with van der Waals surface area (Å²) in [6, 6.07) is 15.5. The minimum absolute atomic E-state index is 0.0190. The Hall–Kier alpha value is -2.59. The van der Waals surface area contributed by atoms with E-state index in [0.717, 1.165) is 16.4 Å². The largest absolute Gasteiger partial charge is 0.486 e. The lowest BCUT2D eigenvalue weighted by molar-refractivity contribution is 0.105. The van der Waals surface area contributed by atoms with Gasteiger partial charge in [0.05, 0.1) is 4.88 Å². The molecule has 0 unspecified atom stereocenters. The first-order valence-corrected chi connectivity index (χ1v) is 9.07. The molecule has 0 N–H and O–H groups in total. The first kappa shape index (κ1) is 17.2. The van der Waals surface area contributed by atoms with Crippen LogP contribution in [-0.4, -0.2) is 5.78 Å². The molecule has 0 fully saturated rings. The second-order valence-electron chi connectivity index (χ2n) is 5.99. The van der Waals surface area contributed by atoms with Crippen molar-refractivity contribution in [2.24, 2.45) is 0 Å². The standard InChI is InChI=1S/C21H20O3S/c1-15(2)16-5-7-17(8-6-16)23-14-19-10-9-18(24-19)11-12-20(22)21-4-3-13-25-21/h3-13,15H,14H2,1-2H3/b12-11+. The van der Waals surface area contributed by atoms with Crippen LogP contribution in [0.3, 0.4) is 0 Å². The average molecular weight is 352 g/mol. The van der Waals surface area contributed by atoms with Crippen molar-refractivity contribution in [3.63, 3.8) is 0 Å². The van der Waals surface area contributed by atoms with Crippen molar-refractivity contribution in [1.82, 2.24) is 0 Å². The summed E-state index contributed by atoms with van der Waals surface area (Å²) in [7, 11) is 0. The fraction of sp³-hybridized carbons (Fsp3) is 0.190. The molecule has 0 saturated carbocycles. The lowest BCUT2D eigenvalue weighted by Gasteiger charge is -2.07. The third kappa shape index (κ3) is 4.70. The van der Waals surface area contributed by atoms with Crippen molar-refractivity contribution < 1.29 is 13.9 Å². The average Bonchev–Trinajstić information content (AvgIpc) is 3.30. The monoisotopic (exact) mass is 352 g/mol. The van der Waals surface area contributed by atoms with E-state index in [2.05, 4.69) is 26.0 Å². The molecular formula is C21H20O3S. The van der Waals surface area contributed by atoms with Crippen molar-refractivity contribution in [2.45, 2.75) is 26.4 Å². The quantitative estimate of drug-likeness (QED) is 0.390. The van der Waals surface area contributed by atoms with Crippen molar-refractivity contribution >= 4 is 23.2 Å². The minimum Gasteiger partial charge on any atom is -0.486 e. The first-order valence-electron chi connectivity index (χ1n) is 8.19. The second kappa shape index (κ2) is 7.99. The fourth-order valence-electron chi connectivity index (χ4n) is 2.32. The predicted molar refractivity (Wildman–Crippen MR) is 101 cm³/mol. The van der Waals surface area contributed by atoms with Crippen LogP contribution in [0.4, 0.5) is 0 Å². The molecule has 3 aromatic rings. The number of thiophene rings is 1. The van der Waals surface area contributed by atoms with Gasteiger partial charge in [0.25, 0.3) is 0 Å². The molecule has 3 rings (SSSR count). The van der Waals surface area contributed by atoms with Gasteiger partial charge in [-0.3, -0.25) is 4.79 Å². The van der Waals surface area contributed by atoms with Gasteiger partial charge in [0.1, 0.15) is 23.9 Å². The highest BCUT2D eigenvalue weighted by molar-refractivity contribution is 7.12. The van der Waals surface area contributed by atoms with E-state index in [1.165, 1.54) is 23.0 Å². The van der Waals surface area contributed by atoms with Crippen LogP contribution in [0.2, 0.25) is 0 Å². The van der Waals surface area contributed by atoms with Gasteiger partial charge < -0.3 is 9.15 Å². The van der Waals surface area contributed by atoms with Crippen LogP contribution in [0, 0.1) is 0 Å². The molecule has 128 valence electrons. The second-order valence-corrected chi connectivity index (χ2v) is 6.94. The maximum atomic E-state index is 11.9. The van der Waals surface area contributed by atoms with Crippen LogP contribution in [0.5, 0.6) is 5.75 Å². The van der Waals surface area contributed by atoms with Crippen molar-refractivity contribution in [3.8, 4) is 5.75 Å². The Labute approximate surface area is 151 Å². The van der Waals surface area contributed by atoms with Gasteiger partial charge in [-0.15, -0.1) is 11.3 Å². The number of allylic oxidation sites excluding steroid dienone is 1. The van der Waals surface area contributed by atoms with Gasteiger partial charge in [0.15, 0.2) is 5.78 Å². The van der Waals surface area contributed by atoms with Crippen LogP contribution in [0.15, 0.2) is 64.4 Å². The zero-order valence-corrected chi connectivity index (χ0v) is 15.1. The van der Waals surface area contributed by atoms with Crippen molar-refractivity contribution in [1.29, 1.82) is 0 Å². The van der Waals surface area contributed by atoms with Gasteiger partial charge in [-0.1, -0.05) is 32.0 Å². The number of benzene rings is 1. The molecule has 25 heavy (non-hydrogen) atoms. The molecule has 3 nitrogen and oxygen atoms in total. The molecule has 0 bridgehead atoms. The summed E-state index contributed by atoms with van der Waals surface area (Å²) < 4.78 is 11.4. The lowest BCUT2D eigenvalue weighted by atomic mass is 10.0. The SMILES string of the molecule is CC(C)c1ccc(OCc2ccc(/C=C/C(=O)c3cccs3)o2)cc1. The Kier molecular flexibility index (Phi) is 5.51. The summed E-state index contributed by atoms with van der Waals surface area (Å²) in [5.41, 5.74) is 1.29. The number of rotatable bonds is 7. The van der Waals surface area contributed by atoms with Crippen LogP contribution in [-0.2, 0) is 6.61 Å². The Morgan fingerprint density at radius 1 is 1.16 bits per heavy atom. The first-order chi connectivity index (χ1) is 12.1. The molecule has 0 aliphatic heterocycles. The zero-order valence-electron chi connectivity index (χ0n) is 14.3. The molecule has 0 aliphatic carbocycles. The van der Waals surface area contributed by atoms with Crippen LogP contribution in [0.1, 0.15) is 46.5 Å². The molecule has 0 aliphatic rings. The molecule has 1 aromatic carbocycles. The number of carbonyl (C=O) groups excluding carboxylic acids is 1. The maximum Gasteiger partial charge on any atom is 0.195 e. The third-order valence-corrected chi connectivity index (χ3v) is 4.66. The Morgan fingerprint density at radius 2 is 1.96 bits per heavy atom.